The average Bonchev–Trinajstić information content (AvgIpc) is 2.61. The first-order chi connectivity index (χ1) is 11.9. The van der Waals surface area contributed by atoms with Gasteiger partial charge in [0.05, 0.1) is 26.4 Å². The summed E-state index contributed by atoms with van der Waals surface area (Å²) in [5.41, 5.74) is 0. The summed E-state index contributed by atoms with van der Waals surface area (Å²) in [5, 5.41) is 2.95. The molecule has 5 heteroatoms. The molecule has 1 aliphatic rings. The normalized spacial score (nSPS) is 20.9. The Morgan fingerprint density at radius 1 is 0.917 bits per heavy atom. The number of rotatable bonds is 3. The SMILES string of the molecule is c1ccc2cc(OCC3CSCCOCCOCCS3)ccc2c1. The van der Waals surface area contributed by atoms with Crippen LogP contribution in [0.15, 0.2) is 42.5 Å². The van der Waals surface area contributed by atoms with Gasteiger partial charge in [-0.05, 0) is 22.9 Å². The van der Waals surface area contributed by atoms with Crippen LogP contribution in [0.1, 0.15) is 0 Å². The molecule has 2 aromatic carbocycles. The van der Waals surface area contributed by atoms with E-state index in [0.29, 0.717) is 18.5 Å². The number of hydrogen-bond donors (Lipinski definition) is 0. The summed E-state index contributed by atoms with van der Waals surface area (Å²) in [5.74, 6) is 4.08. The fraction of sp³-hybridized carbons (Fsp3) is 0.474. The second kappa shape index (κ2) is 10.2. The number of thioether (sulfide) groups is 2. The second-order valence-corrected chi connectivity index (χ2v) is 8.17. The van der Waals surface area contributed by atoms with Crippen molar-refractivity contribution in [3.05, 3.63) is 42.5 Å². The molecular weight excluding hydrogens is 340 g/mol. The molecule has 0 spiro atoms. The summed E-state index contributed by atoms with van der Waals surface area (Å²) in [6, 6.07) is 14.7. The molecule has 1 fully saturated rings. The van der Waals surface area contributed by atoms with Crippen LogP contribution in [0, 0.1) is 0 Å². The molecule has 0 bridgehead atoms. The summed E-state index contributed by atoms with van der Waals surface area (Å²) < 4.78 is 17.2. The van der Waals surface area contributed by atoms with Gasteiger partial charge in [0.25, 0.3) is 0 Å². The molecule has 0 saturated carbocycles. The summed E-state index contributed by atoms with van der Waals surface area (Å²) >= 11 is 3.89. The Hall–Kier alpha value is -0.880. The maximum atomic E-state index is 6.07. The van der Waals surface area contributed by atoms with Crippen LogP contribution in [0.25, 0.3) is 10.8 Å². The zero-order valence-corrected chi connectivity index (χ0v) is 15.4. The van der Waals surface area contributed by atoms with Gasteiger partial charge >= 0.3 is 0 Å². The van der Waals surface area contributed by atoms with Gasteiger partial charge in [-0.15, -0.1) is 0 Å². The molecule has 0 aliphatic carbocycles. The van der Waals surface area contributed by atoms with Gasteiger partial charge in [0.1, 0.15) is 12.4 Å². The predicted octanol–water partition coefficient (Wildman–Crippen LogP) is 4.10. The van der Waals surface area contributed by atoms with Crippen LogP contribution >= 0.6 is 23.5 Å². The van der Waals surface area contributed by atoms with Crippen LogP contribution < -0.4 is 4.74 Å². The lowest BCUT2D eigenvalue weighted by Gasteiger charge is -2.18. The molecule has 0 radical (unpaired) electrons. The molecule has 2 aromatic rings. The highest BCUT2D eigenvalue weighted by Crippen LogP contribution is 2.23. The van der Waals surface area contributed by atoms with Gasteiger partial charge in [-0.3, -0.25) is 0 Å². The Morgan fingerprint density at radius 3 is 2.58 bits per heavy atom. The van der Waals surface area contributed by atoms with E-state index in [2.05, 4.69) is 42.5 Å². The summed E-state index contributed by atoms with van der Waals surface area (Å²) in [4.78, 5) is 0. The van der Waals surface area contributed by atoms with E-state index in [9.17, 15) is 0 Å². The quantitative estimate of drug-likeness (QED) is 0.817. The first kappa shape index (κ1) is 17.9. The van der Waals surface area contributed by atoms with Crippen molar-refractivity contribution in [3.63, 3.8) is 0 Å². The van der Waals surface area contributed by atoms with Crippen molar-refractivity contribution in [2.75, 3.05) is 50.3 Å². The minimum atomic E-state index is 0.476. The van der Waals surface area contributed by atoms with Crippen LogP contribution in [0.5, 0.6) is 5.75 Å². The topological polar surface area (TPSA) is 27.7 Å². The van der Waals surface area contributed by atoms with Gasteiger partial charge in [0.15, 0.2) is 0 Å². The molecule has 130 valence electrons. The van der Waals surface area contributed by atoms with E-state index >= 15 is 0 Å². The van der Waals surface area contributed by atoms with Gasteiger partial charge in [-0.25, -0.2) is 0 Å². The van der Waals surface area contributed by atoms with Crippen molar-refractivity contribution in [3.8, 4) is 5.75 Å². The molecule has 0 N–H and O–H groups in total. The molecular formula is C19H24O3S2. The number of ether oxygens (including phenoxy) is 3. The summed E-state index contributed by atoms with van der Waals surface area (Å²) in [7, 11) is 0. The molecule has 3 rings (SSSR count). The van der Waals surface area contributed by atoms with E-state index in [1.165, 1.54) is 10.8 Å². The van der Waals surface area contributed by atoms with Crippen LogP contribution in [-0.2, 0) is 9.47 Å². The Balaban J connectivity index is 1.53. The number of benzene rings is 2. The summed E-state index contributed by atoms with van der Waals surface area (Å²) in [6.07, 6.45) is 0. The third-order valence-corrected chi connectivity index (χ3v) is 6.27. The Morgan fingerprint density at radius 2 is 1.71 bits per heavy atom. The van der Waals surface area contributed by atoms with E-state index in [4.69, 9.17) is 14.2 Å². The molecule has 0 amide bonds. The van der Waals surface area contributed by atoms with Gasteiger partial charge in [-0.1, -0.05) is 30.3 Å². The molecule has 1 heterocycles. The van der Waals surface area contributed by atoms with Gasteiger partial charge in [0, 0.05) is 22.5 Å². The zero-order valence-electron chi connectivity index (χ0n) is 13.8. The molecule has 1 unspecified atom stereocenters. The van der Waals surface area contributed by atoms with E-state index in [0.717, 1.165) is 42.8 Å². The highest BCUT2D eigenvalue weighted by atomic mass is 32.2. The van der Waals surface area contributed by atoms with Gasteiger partial charge in [-0.2, -0.15) is 23.5 Å². The first-order valence-electron chi connectivity index (χ1n) is 8.38. The lowest BCUT2D eigenvalue weighted by Crippen LogP contribution is -2.20. The predicted molar refractivity (Wildman–Crippen MR) is 105 cm³/mol. The lowest BCUT2D eigenvalue weighted by molar-refractivity contribution is 0.0604. The number of fused-ring (bicyclic) bond motifs is 1. The molecule has 1 atom stereocenters. The molecule has 0 aromatic heterocycles. The molecule has 3 nitrogen and oxygen atoms in total. The molecule has 24 heavy (non-hydrogen) atoms. The Bertz CT molecular complexity index is 608. The van der Waals surface area contributed by atoms with E-state index < -0.39 is 0 Å². The van der Waals surface area contributed by atoms with Crippen molar-refractivity contribution in [1.29, 1.82) is 0 Å². The average molecular weight is 365 g/mol. The fourth-order valence-electron chi connectivity index (χ4n) is 2.52. The first-order valence-corrected chi connectivity index (χ1v) is 10.6. The minimum Gasteiger partial charge on any atom is -0.492 e. The van der Waals surface area contributed by atoms with Crippen molar-refractivity contribution in [2.24, 2.45) is 0 Å². The van der Waals surface area contributed by atoms with Crippen LogP contribution in [0.2, 0.25) is 0 Å². The van der Waals surface area contributed by atoms with Crippen LogP contribution in [-0.4, -0.2) is 55.5 Å². The highest BCUT2D eigenvalue weighted by Gasteiger charge is 2.12. The van der Waals surface area contributed by atoms with Gasteiger partial charge < -0.3 is 14.2 Å². The largest absolute Gasteiger partial charge is 0.492 e. The molecule has 1 aliphatic heterocycles. The van der Waals surface area contributed by atoms with Gasteiger partial charge in [0.2, 0.25) is 0 Å². The van der Waals surface area contributed by atoms with Crippen LogP contribution in [0.3, 0.4) is 0 Å². The highest BCUT2D eigenvalue weighted by molar-refractivity contribution is 8.03. The third-order valence-electron chi connectivity index (χ3n) is 3.79. The number of hydrogen-bond acceptors (Lipinski definition) is 5. The fourth-order valence-corrected chi connectivity index (χ4v) is 4.67. The van der Waals surface area contributed by atoms with Crippen molar-refractivity contribution in [1.82, 2.24) is 0 Å². The zero-order chi connectivity index (χ0) is 16.5. The smallest absolute Gasteiger partial charge is 0.119 e. The standard InChI is InChI=1S/C19H24O3S2/c1-2-4-17-13-18(6-5-16(17)3-1)22-14-19-15-23-11-9-20-7-8-21-10-12-24-19/h1-6,13,19H,7-12,14-15H2. The Kier molecular flexibility index (Phi) is 7.61. The van der Waals surface area contributed by atoms with E-state index in [-0.39, 0.29) is 0 Å². The van der Waals surface area contributed by atoms with Crippen molar-refractivity contribution < 1.29 is 14.2 Å². The van der Waals surface area contributed by atoms with E-state index in [1.807, 2.05) is 23.5 Å². The second-order valence-electron chi connectivity index (χ2n) is 5.61. The van der Waals surface area contributed by atoms with E-state index in [1.54, 1.807) is 0 Å². The van der Waals surface area contributed by atoms with Crippen molar-refractivity contribution in [2.45, 2.75) is 5.25 Å². The monoisotopic (exact) mass is 364 g/mol. The summed E-state index contributed by atoms with van der Waals surface area (Å²) in [6.45, 7) is 3.72. The lowest BCUT2D eigenvalue weighted by atomic mass is 10.1. The molecule has 1 saturated heterocycles. The third kappa shape index (κ3) is 5.88. The maximum absolute atomic E-state index is 6.07. The van der Waals surface area contributed by atoms with Crippen molar-refractivity contribution >= 4 is 34.3 Å². The minimum absolute atomic E-state index is 0.476. The van der Waals surface area contributed by atoms with Crippen LogP contribution in [0.4, 0.5) is 0 Å². The Labute approximate surface area is 152 Å². The maximum Gasteiger partial charge on any atom is 0.119 e.